The number of nitrogens with one attached hydrogen (secondary N) is 1. The van der Waals surface area contributed by atoms with Crippen molar-refractivity contribution in [1.29, 1.82) is 0 Å². The molecule has 0 fully saturated rings. The highest BCUT2D eigenvalue weighted by atomic mass is 16.5. The summed E-state index contributed by atoms with van der Waals surface area (Å²) in [7, 11) is 0. The second-order valence-electron chi connectivity index (χ2n) is 8.28. The highest BCUT2D eigenvalue weighted by Gasteiger charge is 2.11. The molecule has 2 N–H and O–H groups in total. The van der Waals surface area contributed by atoms with Crippen LogP contribution in [0.25, 0.3) is 0 Å². The summed E-state index contributed by atoms with van der Waals surface area (Å²) in [5, 5.41) is 13.1. The first-order valence-corrected chi connectivity index (χ1v) is 9.55. The Bertz CT molecular complexity index is 437. The number of aliphatic hydroxyl groups excluding tert-OH is 1. The van der Waals surface area contributed by atoms with E-state index in [2.05, 4.69) is 72.0 Å². The minimum Gasteiger partial charge on any atom is -0.389 e. The lowest BCUT2D eigenvalue weighted by Crippen LogP contribution is -2.42. The van der Waals surface area contributed by atoms with Crippen molar-refractivity contribution in [1.82, 2.24) is 5.32 Å². The van der Waals surface area contributed by atoms with Gasteiger partial charge < -0.3 is 15.2 Å². The zero-order valence-corrected chi connectivity index (χ0v) is 17.6. The Hall–Kier alpha value is -0.900. The van der Waals surface area contributed by atoms with E-state index in [0.717, 1.165) is 25.7 Å². The van der Waals surface area contributed by atoms with Crippen LogP contribution in [-0.4, -0.2) is 36.5 Å². The van der Waals surface area contributed by atoms with Crippen molar-refractivity contribution in [2.75, 3.05) is 19.8 Å². The fourth-order valence-electron chi connectivity index (χ4n) is 2.23. The number of β-amino-alcohol motifs (C(OH)–C–C–N with tert-alkyl or cyclic N) is 1. The summed E-state index contributed by atoms with van der Waals surface area (Å²) in [5.74, 6) is 0. The number of hydrogen-bond acceptors (Lipinski definition) is 3. The number of hydrogen-bond donors (Lipinski definition) is 2. The molecule has 0 spiro atoms. The molecule has 0 aliphatic heterocycles. The van der Waals surface area contributed by atoms with Crippen molar-refractivity contribution >= 4 is 0 Å². The van der Waals surface area contributed by atoms with E-state index >= 15 is 0 Å². The Kier molecular flexibility index (Phi) is 12.8. The fourth-order valence-corrected chi connectivity index (χ4v) is 2.23. The third kappa shape index (κ3) is 17.7. The molecule has 0 aromatic rings. The van der Waals surface area contributed by atoms with Crippen molar-refractivity contribution in [2.45, 2.75) is 85.8 Å². The van der Waals surface area contributed by atoms with Crippen LogP contribution < -0.4 is 5.32 Å². The zero-order valence-electron chi connectivity index (χ0n) is 17.6. The van der Waals surface area contributed by atoms with Gasteiger partial charge in [0, 0.05) is 12.1 Å². The van der Waals surface area contributed by atoms with Gasteiger partial charge >= 0.3 is 0 Å². The maximum atomic E-state index is 9.87. The molecule has 3 heteroatoms. The molecule has 3 nitrogen and oxygen atoms in total. The van der Waals surface area contributed by atoms with Gasteiger partial charge in [-0.1, -0.05) is 34.9 Å². The van der Waals surface area contributed by atoms with E-state index in [9.17, 15) is 5.11 Å². The van der Waals surface area contributed by atoms with Crippen LogP contribution in [0.4, 0.5) is 0 Å². The molecule has 0 aromatic carbocycles. The maximum Gasteiger partial charge on any atom is 0.0898 e. The first kappa shape index (κ1) is 24.1. The Morgan fingerprint density at radius 1 is 0.960 bits per heavy atom. The lowest BCUT2D eigenvalue weighted by Gasteiger charge is -2.22. The molecule has 1 unspecified atom stereocenters. The molecule has 0 aliphatic rings. The minimum atomic E-state index is -0.459. The third-order valence-electron chi connectivity index (χ3n) is 3.85. The minimum absolute atomic E-state index is 0.0226. The predicted molar refractivity (Wildman–Crippen MR) is 110 cm³/mol. The second kappa shape index (κ2) is 13.3. The highest BCUT2D eigenvalue weighted by molar-refractivity contribution is 5.05. The van der Waals surface area contributed by atoms with Gasteiger partial charge in [0.05, 0.1) is 19.3 Å². The summed E-state index contributed by atoms with van der Waals surface area (Å²) in [6.07, 6.45) is 10.7. The summed E-state index contributed by atoms with van der Waals surface area (Å²) in [6.45, 7) is 16.4. The predicted octanol–water partition coefficient (Wildman–Crippen LogP) is 5.17. The Morgan fingerprint density at radius 2 is 1.52 bits per heavy atom. The Labute approximate surface area is 156 Å². The van der Waals surface area contributed by atoms with Gasteiger partial charge in [-0.05, 0) is 74.1 Å². The average Bonchev–Trinajstić information content (AvgIpc) is 2.48. The maximum absolute atomic E-state index is 9.87. The molecule has 0 saturated carbocycles. The number of aliphatic hydroxyl groups is 1. The first-order chi connectivity index (χ1) is 11.6. The van der Waals surface area contributed by atoms with E-state index in [0.29, 0.717) is 19.8 Å². The van der Waals surface area contributed by atoms with E-state index in [1.807, 2.05) is 0 Å². The standard InChI is InChI=1S/C22H41NO2/c1-18(2)10-8-11-19(3)12-9-13-20(4)14-15-25-17-21(24)16-23-22(5,6)7/h10,12,14,21,23-24H,8-9,11,13,15-17H2,1-7H3/b19-12+,20-14+. The van der Waals surface area contributed by atoms with E-state index in [4.69, 9.17) is 4.74 Å². The smallest absolute Gasteiger partial charge is 0.0898 e. The van der Waals surface area contributed by atoms with Crippen LogP contribution in [0.5, 0.6) is 0 Å². The molecule has 146 valence electrons. The van der Waals surface area contributed by atoms with Gasteiger partial charge in [0.1, 0.15) is 0 Å². The summed E-state index contributed by atoms with van der Waals surface area (Å²) in [4.78, 5) is 0. The summed E-state index contributed by atoms with van der Waals surface area (Å²) in [6, 6.07) is 0. The molecule has 0 aliphatic carbocycles. The molecule has 0 rings (SSSR count). The van der Waals surface area contributed by atoms with Gasteiger partial charge in [0.15, 0.2) is 0 Å². The van der Waals surface area contributed by atoms with E-state index in [1.54, 1.807) is 0 Å². The monoisotopic (exact) mass is 351 g/mol. The van der Waals surface area contributed by atoms with E-state index < -0.39 is 6.10 Å². The van der Waals surface area contributed by atoms with Gasteiger partial charge in [-0.3, -0.25) is 0 Å². The number of ether oxygens (including phenoxy) is 1. The van der Waals surface area contributed by atoms with E-state index in [1.165, 1.54) is 16.7 Å². The van der Waals surface area contributed by atoms with Gasteiger partial charge in [-0.25, -0.2) is 0 Å². The molecule has 25 heavy (non-hydrogen) atoms. The molecular formula is C22H41NO2. The topological polar surface area (TPSA) is 41.5 Å². The average molecular weight is 352 g/mol. The molecule has 0 saturated heterocycles. The van der Waals surface area contributed by atoms with Crippen molar-refractivity contribution < 1.29 is 9.84 Å². The van der Waals surface area contributed by atoms with Crippen LogP contribution in [0, 0.1) is 0 Å². The largest absolute Gasteiger partial charge is 0.389 e. The van der Waals surface area contributed by atoms with Crippen molar-refractivity contribution in [3.63, 3.8) is 0 Å². The van der Waals surface area contributed by atoms with Crippen LogP contribution in [0.3, 0.4) is 0 Å². The molecular weight excluding hydrogens is 310 g/mol. The molecule has 0 bridgehead atoms. The molecule has 0 amide bonds. The summed E-state index contributed by atoms with van der Waals surface area (Å²) in [5.41, 5.74) is 4.23. The Morgan fingerprint density at radius 3 is 2.08 bits per heavy atom. The van der Waals surface area contributed by atoms with Crippen LogP contribution in [0.2, 0.25) is 0 Å². The normalized spacial score (nSPS) is 14.6. The van der Waals surface area contributed by atoms with Crippen LogP contribution >= 0.6 is 0 Å². The van der Waals surface area contributed by atoms with Crippen molar-refractivity contribution in [3.8, 4) is 0 Å². The van der Waals surface area contributed by atoms with Gasteiger partial charge in [0.25, 0.3) is 0 Å². The first-order valence-electron chi connectivity index (χ1n) is 9.55. The zero-order chi connectivity index (χ0) is 19.3. The Balaban J connectivity index is 3.86. The molecule has 0 aromatic heterocycles. The highest BCUT2D eigenvalue weighted by Crippen LogP contribution is 2.11. The fraction of sp³-hybridized carbons (Fsp3) is 0.727. The van der Waals surface area contributed by atoms with Gasteiger partial charge in [-0.15, -0.1) is 0 Å². The third-order valence-corrected chi connectivity index (χ3v) is 3.85. The van der Waals surface area contributed by atoms with Crippen LogP contribution in [0.15, 0.2) is 34.9 Å². The molecule has 0 heterocycles. The van der Waals surface area contributed by atoms with Crippen molar-refractivity contribution in [2.24, 2.45) is 0 Å². The SMILES string of the molecule is CC(C)=CCC/C(C)=C/CC/C(C)=C/COCC(O)CNC(C)(C)C. The van der Waals surface area contributed by atoms with E-state index in [-0.39, 0.29) is 5.54 Å². The van der Waals surface area contributed by atoms with Gasteiger partial charge in [0.2, 0.25) is 0 Å². The summed E-state index contributed by atoms with van der Waals surface area (Å²) < 4.78 is 5.55. The quantitative estimate of drug-likeness (QED) is 0.376. The lowest BCUT2D eigenvalue weighted by atomic mass is 10.1. The number of rotatable bonds is 12. The second-order valence-corrected chi connectivity index (χ2v) is 8.28. The van der Waals surface area contributed by atoms with Crippen LogP contribution in [0.1, 0.15) is 74.1 Å². The number of allylic oxidation sites excluding steroid dienone is 5. The van der Waals surface area contributed by atoms with Gasteiger partial charge in [-0.2, -0.15) is 0 Å². The molecule has 0 radical (unpaired) electrons. The molecule has 1 atom stereocenters. The summed E-state index contributed by atoms with van der Waals surface area (Å²) >= 11 is 0. The van der Waals surface area contributed by atoms with Crippen LogP contribution in [-0.2, 0) is 4.74 Å². The lowest BCUT2D eigenvalue weighted by molar-refractivity contribution is 0.0458. The van der Waals surface area contributed by atoms with Crippen molar-refractivity contribution in [3.05, 3.63) is 34.9 Å².